The highest BCUT2D eigenvalue weighted by molar-refractivity contribution is 7.73. The SMILES string of the molecule is S=c1sc(NC2CCCCC2)nn1CN1CCC[C@@H]1c1cccs1. The second kappa shape index (κ2) is 7.64. The third kappa shape index (κ3) is 3.74. The van der Waals surface area contributed by atoms with E-state index in [0.29, 0.717) is 12.1 Å². The summed E-state index contributed by atoms with van der Waals surface area (Å²) in [6, 6.07) is 5.52. The Hall–Kier alpha value is -0.760. The summed E-state index contributed by atoms with van der Waals surface area (Å²) in [7, 11) is 0. The van der Waals surface area contributed by atoms with Gasteiger partial charge in [0.2, 0.25) is 5.13 Å². The topological polar surface area (TPSA) is 33.1 Å². The van der Waals surface area contributed by atoms with Crippen molar-refractivity contribution in [2.75, 3.05) is 11.9 Å². The highest BCUT2D eigenvalue weighted by atomic mass is 32.1. The lowest BCUT2D eigenvalue weighted by atomic mass is 9.96. The number of hydrogen-bond donors (Lipinski definition) is 1. The number of anilines is 1. The molecular formula is C17H24N4S3. The zero-order valence-electron chi connectivity index (χ0n) is 13.8. The minimum atomic E-state index is 0.531. The average Bonchev–Trinajstić information content (AvgIpc) is 3.31. The highest BCUT2D eigenvalue weighted by Crippen LogP contribution is 2.35. The van der Waals surface area contributed by atoms with Crippen molar-refractivity contribution >= 4 is 40.0 Å². The lowest BCUT2D eigenvalue weighted by molar-refractivity contribution is 0.193. The van der Waals surface area contributed by atoms with Crippen molar-refractivity contribution in [1.29, 1.82) is 0 Å². The first-order chi connectivity index (χ1) is 11.8. The first-order valence-corrected chi connectivity index (χ1v) is 11.0. The molecule has 130 valence electrons. The van der Waals surface area contributed by atoms with Crippen LogP contribution in [0, 0.1) is 3.95 Å². The molecule has 2 aromatic heterocycles. The molecule has 0 unspecified atom stereocenters. The van der Waals surface area contributed by atoms with Crippen molar-refractivity contribution in [3.8, 4) is 0 Å². The van der Waals surface area contributed by atoms with E-state index in [1.54, 1.807) is 11.3 Å². The van der Waals surface area contributed by atoms with Crippen LogP contribution in [-0.4, -0.2) is 27.3 Å². The van der Waals surface area contributed by atoms with Crippen molar-refractivity contribution in [3.05, 3.63) is 26.3 Å². The van der Waals surface area contributed by atoms with Crippen molar-refractivity contribution in [2.24, 2.45) is 0 Å². The van der Waals surface area contributed by atoms with Crippen LogP contribution in [0.4, 0.5) is 5.13 Å². The third-order valence-electron chi connectivity index (χ3n) is 5.09. The summed E-state index contributed by atoms with van der Waals surface area (Å²) >= 11 is 9.05. The van der Waals surface area contributed by atoms with Gasteiger partial charge in [0.25, 0.3) is 0 Å². The van der Waals surface area contributed by atoms with Gasteiger partial charge in [-0.15, -0.1) is 16.4 Å². The number of nitrogens with zero attached hydrogens (tertiary/aromatic N) is 3. The standard InChI is InChI=1S/C17H24N4S3/c22-17-21(19-16(24-17)18-13-6-2-1-3-7-13)12-20-10-4-8-14(20)15-9-5-11-23-15/h5,9,11,13-14H,1-4,6-8,10,12H2,(H,18,19)/t14-/m1/s1. The molecule has 0 aromatic carbocycles. The maximum atomic E-state index is 5.57. The van der Waals surface area contributed by atoms with Gasteiger partial charge < -0.3 is 5.32 Å². The van der Waals surface area contributed by atoms with Crippen molar-refractivity contribution < 1.29 is 0 Å². The highest BCUT2D eigenvalue weighted by Gasteiger charge is 2.27. The molecule has 24 heavy (non-hydrogen) atoms. The van der Waals surface area contributed by atoms with Gasteiger partial charge in [0, 0.05) is 23.5 Å². The fraction of sp³-hybridized carbons (Fsp3) is 0.647. The molecule has 1 saturated heterocycles. The van der Waals surface area contributed by atoms with Crippen LogP contribution in [-0.2, 0) is 6.67 Å². The zero-order chi connectivity index (χ0) is 16.4. The van der Waals surface area contributed by atoms with E-state index in [0.717, 1.165) is 22.3 Å². The number of hydrogen-bond acceptors (Lipinski definition) is 6. The largest absolute Gasteiger partial charge is 0.357 e. The summed E-state index contributed by atoms with van der Waals surface area (Å²) in [5, 5.41) is 11.5. The molecular weight excluding hydrogens is 356 g/mol. The van der Waals surface area contributed by atoms with Gasteiger partial charge in [-0.3, -0.25) is 4.90 Å². The molecule has 3 heterocycles. The summed E-state index contributed by atoms with van der Waals surface area (Å²) in [4.78, 5) is 3.99. The summed E-state index contributed by atoms with van der Waals surface area (Å²) < 4.78 is 2.89. The van der Waals surface area contributed by atoms with E-state index in [1.807, 2.05) is 16.0 Å². The van der Waals surface area contributed by atoms with Crippen LogP contribution in [0.2, 0.25) is 0 Å². The predicted octanol–water partition coefficient (Wildman–Crippen LogP) is 5.27. The van der Waals surface area contributed by atoms with Gasteiger partial charge in [0.1, 0.15) is 0 Å². The van der Waals surface area contributed by atoms with Crippen LogP contribution in [0.25, 0.3) is 0 Å². The van der Waals surface area contributed by atoms with Crippen LogP contribution in [0.15, 0.2) is 17.5 Å². The second-order valence-electron chi connectivity index (χ2n) is 6.78. The number of likely N-dealkylation sites (tertiary alicyclic amines) is 1. The van der Waals surface area contributed by atoms with Crippen LogP contribution >= 0.6 is 34.9 Å². The fourth-order valence-electron chi connectivity index (χ4n) is 3.85. The van der Waals surface area contributed by atoms with E-state index < -0.39 is 0 Å². The quantitative estimate of drug-likeness (QED) is 0.716. The van der Waals surface area contributed by atoms with Gasteiger partial charge in [-0.05, 0) is 49.3 Å². The van der Waals surface area contributed by atoms with E-state index in [4.69, 9.17) is 17.3 Å². The van der Waals surface area contributed by atoms with E-state index in [9.17, 15) is 0 Å². The normalized spacial score (nSPS) is 22.9. The Labute approximate surface area is 156 Å². The summed E-state index contributed by atoms with van der Waals surface area (Å²) in [6.45, 7) is 1.94. The monoisotopic (exact) mass is 380 g/mol. The molecule has 1 aliphatic carbocycles. The second-order valence-corrected chi connectivity index (χ2v) is 9.38. The zero-order valence-corrected chi connectivity index (χ0v) is 16.3. The average molecular weight is 381 g/mol. The van der Waals surface area contributed by atoms with Crippen molar-refractivity contribution in [3.63, 3.8) is 0 Å². The van der Waals surface area contributed by atoms with Gasteiger partial charge in [-0.25, -0.2) is 4.68 Å². The van der Waals surface area contributed by atoms with Gasteiger partial charge in [0.05, 0.1) is 6.67 Å². The van der Waals surface area contributed by atoms with Crippen LogP contribution in [0.3, 0.4) is 0 Å². The molecule has 2 aliphatic rings. The van der Waals surface area contributed by atoms with Crippen LogP contribution in [0.5, 0.6) is 0 Å². The van der Waals surface area contributed by atoms with Crippen molar-refractivity contribution in [2.45, 2.75) is 63.7 Å². The predicted molar refractivity (Wildman–Crippen MR) is 104 cm³/mol. The summed E-state index contributed by atoms with van der Waals surface area (Å²) in [5.41, 5.74) is 0. The molecule has 1 saturated carbocycles. The van der Waals surface area contributed by atoms with Crippen LogP contribution < -0.4 is 5.32 Å². The molecule has 0 amide bonds. The van der Waals surface area contributed by atoms with E-state index in [1.165, 1.54) is 49.8 Å². The minimum absolute atomic E-state index is 0.531. The number of rotatable bonds is 5. The van der Waals surface area contributed by atoms with Crippen molar-refractivity contribution in [1.82, 2.24) is 14.7 Å². The Bertz CT molecular complexity index is 700. The maximum Gasteiger partial charge on any atom is 0.204 e. The summed E-state index contributed by atoms with van der Waals surface area (Å²) in [6.07, 6.45) is 9.07. The minimum Gasteiger partial charge on any atom is -0.357 e. The number of nitrogens with one attached hydrogen (secondary N) is 1. The van der Waals surface area contributed by atoms with E-state index >= 15 is 0 Å². The van der Waals surface area contributed by atoms with Gasteiger partial charge >= 0.3 is 0 Å². The molecule has 2 aromatic rings. The first-order valence-electron chi connectivity index (χ1n) is 8.91. The third-order valence-corrected chi connectivity index (χ3v) is 7.30. The van der Waals surface area contributed by atoms with Gasteiger partial charge in [0.15, 0.2) is 3.95 Å². The van der Waals surface area contributed by atoms with Gasteiger partial charge in [-0.1, -0.05) is 36.7 Å². The first kappa shape index (κ1) is 16.7. The Morgan fingerprint density at radius 1 is 1.21 bits per heavy atom. The molecule has 1 atom stereocenters. The van der Waals surface area contributed by atoms with Crippen LogP contribution in [0.1, 0.15) is 55.9 Å². The number of thiophene rings is 1. The summed E-state index contributed by atoms with van der Waals surface area (Å²) in [5.74, 6) is 0. The molecule has 1 aliphatic heterocycles. The Morgan fingerprint density at radius 3 is 2.88 bits per heavy atom. The molecule has 2 fully saturated rings. The number of aromatic nitrogens is 2. The van der Waals surface area contributed by atoms with Gasteiger partial charge in [-0.2, -0.15) is 0 Å². The Morgan fingerprint density at radius 2 is 2.08 bits per heavy atom. The lowest BCUT2D eigenvalue weighted by Crippen LogP contribution is -2.27. The molecule has 0 radical (unpaired) electrons. The Balaban J connectivity index is 1.43. The molecule has 4 rings (SSSR count). The molecule has 4 nitrogen and oxygen atoms in total. The van der Waals surface area contributed by atoms with E-state index in [2.05, 4.69) is 27.7 Å². The lowest BCUT2D eigenvalue weighted by Gasteiger charge is -2.23. The molecule has 0 spiro atoms. The van der Waals surface area contributed by atoms with E-state index in [-0.39, 0.29) is 0 Å². The molecule has 1 N–H and O–H groups in total. The Kier molecular flexibility index (Phi) is 5.31. The molecule has 7 heteroatoms. The molecule has 0 bridgehead atoms. The maximum absolute atomic E-state index is 5.57. The fourth-order valence-corrected chi connectivity index (χ4v) is 5.81. The smallest absolute Gasteiger partial charge is 0.204 e.